The first-order chi connectivity index (χ1) is 5.98. The Morgan fingerprint density at radius 3 is 2.62 bits per heavy atom. The highest BCUT2D eigenvalue weighted by Gasteiger charge is 2.46. The van der Waals surface area contributed by atoms with Crippen LogP contribution in [0.1, 0.15) is 27.2 Å². The molecule has 2 nitrogen and oxygen atoms in total. The molecule has 2 N–H and O–H groups in total. The lowest BCUT2D eigenvalue weighted by Gasteiger charge is -2.50. The Bertz CT molecular complexity index is 172. The van der Waals surface area contributed by atoms with Crippen LogP contribution in [0.5, 0.6) is 0 Å². The SMILES string of the molecule is CSC(C)CNC1CC(O)C1(C)C. The minimum atomic E-state index is -0.116. The first-order valence-corrected chi connectivity index (χ1v) is 6.21. The molecule has 0 aromatic heterocycles. The first kappa shape index (κ1) is 11.3. The van der Waals surface area contributed by atoms with Crippen LogP contribution in [-0.2, 0) is 0 Å². The molecule has 0 aliphatic heterocycles. The predicted octanol–water partition coefficient (Wildman–Crippen LogP) is 1.49. The van der Waals surface area contributed by atoms with Crippen LogP contribution < -0.4 is 5.32 Å². The Morgan fingerprint density at radius 2 is 2.23 bits per heavy atom. The molecule has 3 heteroatoms. The van der Waals surface area contributed by atoms with Crippen molar-refractivity contribution in [3.63, 3.8) is 0 Å². The van der Waals surface area contributed by atoms with E-state index >= 15 is 0 Å². The zero-order valence-electron chi connectivity index (χ0n) is 9.00. The Labute approximate surface area is 85.5 Å². The van der Waals surface area contributed by atoms with Gasteiger partial charge in [-0.15, -0.1) is 0 Å². The third-order valence-electron chi connectivity index (χ3n) is 3.27. The molecule has 0 aromatic rings. The van der Waals surface area contributed by atoms with Gasteiger partial charge in [0.1, 0.15) is 0 Å². The number of hydrogen-bond donors (Lipinski definition) is 2. The molecule has 0 spiro atoms. The summed E-state index contributed by atoms with van der Waals surface area (Å²) in [7, 11) is 0. The van der Waals surface area contributed by atoms with Crippen molar-refractivity contribution in [3.8, 4) is 0 Å². The minimum Gasteiger partial charge on any atom is -0.392 e. The van der Waals surface area contributed by atoms with Crippen molar-refractivity contribution < 1.29 is 5.11 Å². The molecule has 0 saturated heterocycles. The van der Waals surface area contributed by atoms with Crippen molar-refractivity contribution in [3.05, 3.63) is 0 Å². The van der Waals surface area contributed by atoms with E-state index in [1.807, 2.05) is 11.8 Å². The molecular formula is C10H21NOS. The average molecular weight is 203 g/mol. The summed E-state index contributed by atoms with van der Waals surface area (Å²) in [6, 6.07) is 0.497. The van der Waals surface area contributed by atoms with Crippen molar-refractivity contribution >= 4 is 11.8 Å². The minimum absolute atomic E-state index is 0.0676. The van der Waals surface area contributed by atoms with Crippen molar-refractivity contribution in [2.24, 2.45) is 5.41 Å². The van der Waals surface area contributed by atoms with Gasteiger partial charge in [-0.25, -0.2) is 0 Å². The Hall–Kier alpha value is 0.270. The fourth-order valence-electron chi connectivity index (χ4n) is 1.64. The monoisotopic (exact) mass is 203 g/mol. The van der Waals surface area contributed by atoms with Gasteiger partial charge < -0.3 is 10.4 Å². The fraction of sp³-hybridized carbons (Fsp3) is 1.00. The lowest BCUT2D eigenvalue weighted by Crippen LogP contribution is -2.60. The number of nitrogens with one attached hydrogen (secondary N) is 1. The summed E-state index contributed by atoms with van der Waals surface area (Å²) in [5, 5.41) is 13.7. The third kappa shape index (κ3) is 2.39. The van der Waals surface area contributed by atoms with Gasteiger partial charge >= 0.3 is 0 Å². The fourth-order valence-corrected chi connectivity index (χ4v) is 1.90. The number of thioether (sulfide) groups is 1. The molecule has 78 valence electrons. The van der Waals surface area contributed by atoms with Crippen LogP contribution in [-0.4, -0.2) is 35.3 Å². The van der Waals surface area contributed by atoms with Gasteiger partial charge in [-0.05, 0) is 12.7 Å². The second-order valence-electron chi connectivity index (χ2n) is 4.58. The standard InChI is InChI=1S/C10H21NOS/c1-7(13-4)6-11-8-5-9(12)10(8,2)3/h7-9,11-12H,5-6H2,1-4H3. The molecule has 1 saturated carbocycles. The van der Waals surface area contributed by atoms with Gasteiger partial charge in [-0.1, -0.05) is 20.8 Å². The molecule has 0 bridgehead atoms. The zero-order valence-corrected chi connectivity index (χ0v) is 9.82. The molecule has 0 heterocycles. The molecular weight excluding hydrogens is 182 g/mol. The molecule has 3 unspecified atom stereocenters. The van der Waals surface area contributed by atoms with Crippen LogP contribution in [0.2, 0.25) is 0 Å². The van der Waals surface area contributed by atoms with Gasteiger partial charge in [-0.2, -0.15) is 11.8 Å². The molecule has 0 aromatic carbocycles. The lowest BCUT2D eigenvalue weighted by atomic mass is 9.64. The van der Waals surface area contributed by atoms with Crippen LogP contribution in [0.4, 0.5) is 0 Å². The maximum atomic E-state index is 9.52. The number of aliphatic hydroxyl groups is 1. The number of rotatable bonds is 4. The van der Waals surface area contributed by atoms with Gasteiger partial charge in [0.2, 0.25) is 0 Å². The van der Waals surface area contributed by atoms with Crippen molar-refractivity contribution in [1.29, 1.82) is 0 Å². The summed E-state index contributed by atoms with van der Waals surface area (Å²) in [6.45, 7) is 7.52. The summed E-state index contributed by atoms with van der Waals surface area (Å²) >= 11 is 1.88. The van der Waals surface area contributed by atoms with E-state index in [0.29, 0.717) is 11.3 Å². The molecule has 1 aliphatic rings. The molecule has 1 aliphatic carbocycles. The Kier molecular flexibility index (Phi) is 3.66. The normalized spacial score (nSPS) is 33.9. The van der Waals surface area contributed by atoms with Crippen molar-refractivity contribution in [1.82, 2.24) is 5.32 Å². The second-order valence-corrected chi connectivity index (χ2v) is 5.86. The molecule has 0 radical (unpaired) electrons. The van der Waals surface area contributed by atoms with Crippen molar-refractivity contribution in [2.75, 3.05) is 12.8 Å². The summed E-state index contributed by atoms with van der Waals surface area (Å²) in [4.78, 5) is 0. The Balaban J connectivity index is 2.25. The highest BCUT2D eigenvalue weighted by molar-refractivity contribution is 7.99. The first-order valence-electron chi connectivity index (χ1n) is 4.92. The van der Waals surface area contributed by atoms with Crippen LogP contribution in [0.15, 0.2) is 0 Å². The lowest BCUT2D eigenvalue weighted by molar-refractivity contribution is -0.0720. The van der Waals surface area contributed by atoms with Crippen LogP contribution in [0, 0.1) is 5.41 Å². The predicted molar refractivity (Wildman–Crippen MR) is 59.2 cm³/mol. The van der Waals surface area contributed by atoms with E-state index in [-0.39, 0.29) is 11.5 Å². The molecule has 1 fully saturated rings. The van der Waals surface area contributed by atoms with Crippen molar-refractivity contribution in [2.45, 2.75) is 44.6 Å². The van der Waals surface area contributed by atoms with E-state index in [2.05, 4.69) is 32.3 Å². The molecule has 3 atom stereocenters. The average Bonchev–Trinajstić information content (AvgIpc) is 2.11. The van der Waals surface area contributed by atoms with E-state index in [1.165, 1.54) is 0 Å². The molecule has 0 amide bonds. The zero-order chi connectivity index (χ0) is 10.1. The number of hydrogen-bond acceptors (Lipinski definition) is 3. The van der Waals surface area contributed by atoms with Crippen LogP contribution >= 0.6 is 11.8 Å². The quantitative estimate of drug-likeness (QED) is 0.726. The van der Waals surface area contributed by atoms with E-state index < -0.39 is 0 Å². The topological polar surface area (TPSA) is 32.3 Å². The van der Waals surface area contributed by atoms with E-state index in [0.717, 1.165) is 13.0 Å². The van der Waals surface area contributed by atoms with Gasteiger partial charge in [0, 0.05) is 23.3 Å². The number of aliphatic hydroxyl groups excluding tert-OH is 1. The maximum Gasteiger partial charge on any atom is 0.0621 e. The van der Waals surface area contributed by atoms with Crippen LogP contribution in [0.25, 0.3) is 0 Å². The smallest absolute Gasteiger partial charge is 0.0621 e. The second kappa shape index (κ2) is 4.20. The summed E-state index contributed by atoms with van der Waals surface area (Å²) in [5.74, 6) is 0. The van der Waals surface area contributed by atoms with E-state index in [1.54, 1.807) is 0 Å². The van der Waals surface area contributed by atoms with Gasteiger partial charge in [0.25, 0.3) is 0 Å². The Morgan fingerprint density at radius 1 is 1.62 bits per heavy atom. The van der Waals surface area contributed by atoms with E-state index in [4.69, 9.17) is 0 Å². The summed E-state index contributed by atoms with van der Waals surface area (Å²) in [6.07, 6.45) is 2.93. The van der Waals surface area contributed by atoms with Crippen LogP contribution in [0.3, 0.4) is 0 Å². The van der Waals surface area contributed by atoms with Gasteiger partial charge in [0.15, 0.2) is 0 Å². The third-order valence-corrected chi connectivity index (χ3v) is 4.24. The summed E-state index contributed by atoms with van der Waals surface area (Å²) in [5.41, 5.74) is 0.0676. The highest BCUT2D eigenvalue weighted by Crippen LogP contribution is 2.40. The van der Waals surface area contributed by atoms with E-state index in [9.17, 15) is 5.11 Å². The highest BCUT2D eigenvalue weighted by atomic mass is 32.2. The van der Waals surface area contributed by atoms with Gasteiger partial charge in [-0.3, -0.25) is 0 Å². The molecule has 1 rings (SSSR count). The van der Waals surface area contributed by atoms with Gasteiger partial charge in [0.05, 0.1) is 6.10 Å². The maximum absolute atomic E-state index is 9.52. The molecule has 13 heavy (non-hydrogen) atoms. The summed E-state index contributed by atoms with van der Waals surface area (Å²) < 4.78 is 0. The largest absolute Gasteiger partial charge is 0.392 e.